The van der Waals surface area contributed by atoms with Gasteiger partial charge in [0.1, 0.15) is 0 Å². The molecule has 0 heterocycles. The van der Waals surface area contributed by atoms with E-state index in [4.69, 9.17) is 0 Å². The van der Waals surface area contributed by atoms with Gasteiger partial charge in [-0.05, 0) is 48.8 Å². The van der Waals surface area contributed by atoms with E-state index in [-0.39, 0.29) is 0 Å². The number of fused-ring (bicyclic) bond motifs is 1. The average molecular weight is 231 g/mol. The van der Waals surface area contributed by atoms with Crippen LogP contribution in [0.2, 0.25) is 0 Å². The first-order valence-corrected chi connectivity index (χ1v) is 7.10. The van der Waals surface area contributed by atoms with E-state index in [9.17, 15) is 0 Å². The van der Waals surface area contributed by atoms with Crippen LogP contribution in [-0.4, -0.2) is 12.6 Å². The second kappa shape index (κ2) is 5.68. The number of rotatable bonds is 4. The Kier molecular flexibility index (Phi) is 4.22. The van der Waals surface area contributed by atoms with E-state index in [0.717, 1.165) is 12.5 Å². The van der Waals surface area contributed by atoms with Crippen molar-refractivity contribution in [2.75, 3.05) is 6.54 Å². The van der Waals surface area contributed by atoms with Crippen LogP contribution >= 0.6 is 0 Å². The highest BCUT2D eigenvalue weighted by atomic mass is 14.9. The molecule has 0 radical (unpaired) electrons. The van der Waals surface area contributed by atoms with E-state index in [1.165, 1.54) is 19.3 Å². The van der Waals surface area contributed by atoms with Crippen molar-refractivity contribution in [2.45, 2.75) is 57.9 Å². The van der Waals surface area contributed by atoms with Crippen molar-refractivity contribution in [3.05, 3.63) is 35.4 Å². The molecule has 3 unspecified atom stereocenters. The van der Waals surface area contributed by atoms with Gasteiger partial charge in [-0.25, -0.2) is 0 Å². The molecule has 0 aromatic heterocycles. The van der Waals surface area contributed by atoms with Crippen LogP contribution < -0.4 is 5.32 Å². The fourth-order valence-corrected chi connectivity index (χ4v) is 3.29. The average Bonchev–Trinajstić information content (AvgIpc) is 2.37. The molecule has 0 aliphatic heterocycles. The second-order valence-corrected chi connectivity index (χ2v) is 5.29. The lowest BCUT2D eigenvalue weighted by atomic mass is 9.74. The summed E-state index contributed by atoms with van der Waals surface area (Å²) in [7, 11) is 0. The number of benzene rings is 1. The number of nitrogens with one attached hydrogen (secondary N) is 1. The monoisotopic (exact) mass is 231 g/mol. The van der Waals surface area contributed by atoms with Gasteiger partial charge in [0.25, 0.3) is 0 Å². The number of likely N-dealkylation sites (N-methyl/N-ethyl adjacent to an activating group) is 1. The lowest BCUT2D eigenvalue weighted by molar-refractivity contribution is 0.375. The zero-order chi connectivity index (χ0) is 12.3. The van der Waals surface area contributed by atoms with Crippen LogP contribution in [0.25, 0.3) is 0 Å². The normalized spacial score (nSPS) is 25.4. The standard InChI is InChI=1S/C16H25N/c1-4-16(17-5-2)15-11-10-12(3)13-8-6-7-9-14(13)15/h6-9,12,15-17H,4-5,10-11H2,1-3H3. The maximum absolute atomic E-state index is 3.66. The van der Waals surface area contributed by atoms with Crippen LogP contribution in [-0.2, 0) is 0 Å². The molecule has 1 nitrogen and oxygen atoms in total. The minimum Gasteiger partial charge on any atom is -0.314 e. The van der Waals surface area contributed by atoms with Crippen LogP contribution in [0.5, 0.6) is 0 Å². The lowest BCUT2D eigenvalue weighted by Gasteiger charge is -2.35. The largest absolute Gasteiger partial charge is 0.314 e. The summed E-state index contributed by atoms with van der Waals surface area (Å²) in [6, 6.07) is 9.70. The van der Waals surface area contributed by atoms with Crippen molar-refractivity contribution < 1.29 is 0 Å². The molecule has 2 rings (SSSR count). The van der Waals surface area contributed by atoms with E-state index in [2.05, 4.69) is 50.4 Å². The van der Waals surface area contributed by atoms with Crippen molar-refractivity contribution in [1.29, 1.82) is 0 Å². The van der Waals surface area contributed by atoms with Gasteiger partial charge in [-0.15, -0.1) is 0 Å². The fraction of sp³-hybridized carbons (Fsp3) is 0.625. The van der Waals surface area contributed by atoms with Gasteiger partial charge in [0.15, 0.2) is 0 Å². The second-order valence-electron chi connectivity index (χ2n) is 5.29. The topological polar surface area (TPSA) is 12.0 Å². The molecule has 1 aromatic rings. The first-order valence-electron chi connectivity index (χ1n) is 7.10. The summed E-state index contributed by atoms with van der Waals surface area (Å²) in [6.45, 7) is 7.95. The molecule has 0 spiro atoms. The third-order valence-corrected chi connectivity index (χ3v) is 4.23. The molecule has 0 amide bonds. The quantitative estimate of drug-likeness (QED) is 0.824. The van der Waals surface area contributed by atoms with E-state index in [1.54, 1.807) is 11.1 Å². The van der Waals surface area contributed by atoms with Crippen LogP contribution in [0.1, 0.15) is 63.0 Å². The summed E-state index contributed by atoms with van der Waals surface area (Å²) in [5.41, 5.74) is 3.18. The predicted molar refractivity (Wildman–Crippen MR) is 74.6 cm³/mol. The highest BCUT2D eigenvalue weighted by Gasteiger charge is 2.28. The Balaban J connectivity index is 2.28. The third-order valence-electron chi connectivity index (χ3n) is 4.23. The molecule has 0 saturated heterocycles. The summed E-state index contributed by atoms with van der Waals surface area (Å²) in [4.78, 5) is 0. The summed E-state index contributed by atoms with van der Waals surface area (Å²) in [5.74, 6) is 1.45. The van der Waals surface area contributed by atoms with E-state index >= 15 is 0 Å². The summed E-state index contributed by atoms with van der Waals surface area (Å²) >= 11 is 0. The molecule has 1 aromatic carbocycles. The van der Waals surface area contributed by atoms with Crippen molar-refractivity contribution in [3.8, 4) is 0 Å². The molecule has 0 bridgehead atoms. The van der Waals surface area contributed by atoms with Gasteiger partial charge >= 0.3 is 0 Å². The molecule has 1 aliphatic rings. The first-order chi connectivity index (χ1) is 8.27. The number of hydrogen-bond donors (Lipinski definition) is 1. The van der Waals surface area contributed by atoms with Crippen LogP contribution in [0.3, 0.4) is 0 Å². The summed E-state index contributed by atoms with van der Waals surface area (Å²) < 4.78 is 0. The Morgan fingerprint density at radius 3 is 2.53 bits per heavy atom. The Bertz CT molecular complexity index is 358. The molecule has 17 heavy (non-hydrogen) atoms. The Morgan fingerprint density at radius 2 is 1.88 bits per heavy atom. The zero-order valence-corrected chi connectivity index (χ0v) is 11.4. The maximum atomic E-state index is 3.66. The Labute approximate surface area is 106 Å². The molecule has 0 fully saturated rings. The van der Waals surface area contributed by atoms with Gasteiger partial charge in [-0.1, -0.05) is 45.0 Å². The van der Waals surface area contributed by atoms with Gasteiger partial charge in [0.2, 0.25) is 0 Å². The summed E-state index contributed by atoms with van der Waals surface area (Å²) in [6.07, 6.45) is 3.90. The minimum absolute atomic E-state index is 0.647. The molecule has 1 aliphatic carbocycles. The van der Waals surface area contributed by atoms with Crippen molar-refractivity contribution in [3.63, 3.8) is 0 Å². The third kappa shape index (κ3) is 2.55. The fourth-order valence-electron chi connectivity index (χ4n) is 3.29. The van der Waals surface area contributed by atoms with Crippen molar-refractivity contribution >= 4 is 0 Å². The van der Waals surface area contributed by atoms with E-state index in [1.807, 2.05) is 0 Å². The maximum Gasteiger partial charge on any atom is 0.0133 e. The molecule has 1 heteroatoms. The van der Waals surface area contributed by atoms with Crippen molar-refractivity contribution in [2.24, 2.45) is 0 Å². The van der Waals surface area contributed by atoms with Gasteiger partial charge in [-0.3, -0.25) is 0 Å². The van der Waals surface area contributed by atoms with E-state index in [0.29, 0.717) is 12.0 Å². The molecular weight excluding hydrogens is 206 g/mol. The predicted octanol–water partition coefficient (Wildman–Crippen LogP) is 4.06. The molecule has 3 atom stereocenters. The summed E-state index contributed by atoms with van der Waals surface area (Å²) in [5, 5.41) is 3.66. The highest BCUT2D eigenvalue weighted by Crippen LogP contribution is 2.40. The Morgan fingerprint density at radius 1 is 1.18 bits per heavy atom. The van der Waals surface area contributed by atoms with Gasteiger partial charge in [0, 0.05) is 6.04 Å². The van der Waals surface area contributed by atoms with Crippen molar-refractivity contribution in [1.82, 2.24) is 5.32 Å². The highest BCUT2D eigenvalue weighted by molar-refractivity contribution is 5.36. The smallest absolute Gasteiger partial charge is 0.0133 e. The number of hydrogen-bond acceptors (Lipinski definition) is 1. The lowest BCUT2D eigenvalue weighted by Crippen LogP contribution is -2.36. The minimum atomic E-state index is 0.647. The Hall–Kier alpha value is -0.820. The zero-order valence-electron chi connectivity index (χ0n) is 11.4. The van der Waals surface area contributed by atoms with Crippen LogP contribution in [0.15, 0.2) is 24.3 Å². The van der Waals surface area contributed by atoms with Crippen LogP contribution in [0.4, 0.5) is 0 Å². The van der Waals surface area contributed by atoms with Crippen LogP contribution in [0, 0.1) is 0 Å². The molecule has 94 valence electrons. The van der Waals surface area contributed by atoms with Gasteiger partial charge < -0.3 is 5.32 Å². The molecule has 0 saturated carbocycles. The molecule has 1 N–H and O–H groups in total. The van der Waals surface area contributed by atoms with Gasteiger partial charge in [-0.2, -0.15) is 0 Å². The first kappa shape index (κ1) is 12.6. The van der Waals surface area contributed by atoms with E-state index < -0.39 is 0 Å². The van der Waals surface area contributed by atoms with Gasteiger partial charge in [0.05, 0.1) is 0 Å². The molecular formula is C16H25N. The SMILES string of the molecule is CCNC(CC)C1CCC(C)c2ccccc21.